The number of imidazole rings is 1. The van der Waals surface area contributed by atoms with Crippen LogP contribution in [0, 0.1) is 0 Å². The van der Waals surface area contributed by atoms with Gasteiger partial charge in [0.25, 0.3) is 0 Å². The summed E-state index contributed by atoms with van der Waals surface area (Å²) in [4.78, 5) is 2.45. The molecule has 1 aliphatic heterocycles. The van der Waals surface area contributed by atoms with Gasteiger partial charge in [0.05, 0.1) is 26.3 Å². The van der Waals surface area contributed by atoms with Crippen molar-refractivity contribution >= 4 is 19.4 Å². The molecule has 3 rings (SSSR count). The minimum Gasteiger partial charge on any atom is -1.00 e. The SMILES string of the molecule is C[n+]1ccn(CCCOC2CCN(c3ccc(N)c(CC[Si](C)(C)C)c3)C2)c1.[Cl-]. The lowest BCUT2D eigenvalue weighted by molar-refractivity contribution is -0.671. The van der Waals surface area contributed by atoms with Crippen molar-refractivity contribution in [2.45, 2.75) is 57.6 Å². The van der Waals surface area contributed by atoms with Gasteiger partial charge < -0.3 is 27.8 Å². The fraction of sp³-hybridized carbons (Fsp3) is 0.591. The number of benzene rings is 1. The van der Waals surface area contributed by atoms with E-state index in [2.05, 4.69) is 70.6 Å². The number of aryl methyl sites for hydroxylation is 3. The predicted octanol–water partition coefficient (Wildman–Crippen LogP) is 0.465. The molecule has 2 N–H and O–H groups in total. The second-order valence-corrected chi connectivity index (χ2v) is 15.0. The highest BCUT2D eigenvalue weighted by Gasteiger charge is 2.24. The average Bonchev–Trinajstić information content (AvgIpc) is 3.26. The summed E-state index contributed by atoms with van der Waals surface area (Å²) in [6, 6.07) is 7.84. The number of nitrogens with zero attached hydrogens (tertiary/aromatic N) is 3. The molecule has 1 atom stereocenters. The van der Waals surface area contributed by atoms with E-state index < -0.39 is 8.07 Å². The van der Waals surface area contributed by atoms with E-state index in [0.717, 1.165) is 51.2 Å². The minimum atomic E-state index is -1.06. The van der Waals surface area contributed by atoms with Crippen molar-refractivity contribution in [3.8, 4) is 0 Å². The van der Waals surface area contributed by atoms with E-state index in [1.54, 1.807) is 0 Å². The summed E-state index contributed by atoms with van der Waals surface area (Å²) in [6.45, 7) is 11.1. The molecular weight excluding hydrogens is 400 g/mol. The molecule has 1 aliphatic rings. The second kappa shape index (κ2) is 10.5. The molecule has 1 fully saturated rings. The molecule has 2 heterocycles. The van der Waals surface area contributed by atoms with Crippen molar-refractivity contribution in [1.82, 2.24) is 4.57 Å². The lowest BCUT2D eigenvalue weighted by Gasteiger charge is -2.21. The Morgan fingerprint density at radius 2 is 2.07 bits per heavy atom. The number of anilines is 2. The van der Waals surface area contributed by atoms with E-state index in [0.29, 0.717) is 6.10 Å². The topological polar surface area (TPSA) is 47.3 Å². The maximum absolute atomic E-state index is 6.24. The molecule has 1 unspecified atom stereocenters. The van der Waals surface area contributed by atoms with Crippen LogP contribution < -0.4 is 27.6 Å². The molecule has 5 nitrogen and oxygen atoms in total. The number of hydrogen-bond donors (Lipinski definition) is 1. The predicted molar refractivity (Wildman–Crippen MR) is 120 cm³/mol. The highest BCUT2D eigenvalue weighted by Crippen LogP contribution is 2.27. The maximum atomic E-state index is 6.24. The van der Waals surface area contributed by atoms with Crippen molar-refractivity contribution in [3.05, 3.63) is 42.5 Å². The zero-order valence-electron chi connectivity index (χ0n) is 18.4. The molecule has 162 valence electrons. The van der Waals surface area contributed by atoms with Crippen LogP contribution in [0.3, 0.4) is 0 Å². The van der Waals surface area contributed by atoms with Gasteiger partial charge in [-0.1, -0.05) is 25.7 Å². The summed E-state index contributed by atoms with van der Waals surface area (Å²) in [5, 5.41) is 0. The average molecular weight is 437 g/mol. The highest BCUT2D eigenvalue weighted by atomic mass is 35.5. The monoisotopic (exact) mass is 436 g/mol. The lowest BCUT2D eigenvalue weighted by Crippen LogP contribution is -3.00. The van der Waals surface area contributed by atoms with Gasteiger partial charge in [-0.2, -0.15) is 0 Å². The van der Waals surface area contributed by atoms with Crippen LogP contribution in [-0.4, -0.2) is 38.4 Å². The summed E-state index contributed by atoms with van der Waals surface area (Å²) < 4.78 is 10.4. The zero-order valence-corrected chi connectivity index (χ0v) is 20.2. The van der Waals surface area contributed by atoms with E-state index in [1.165, 1.54) is 17.3 Å². The molecule has 2 aromatic rings. The first-order valence-corrected chi connectivity index (χ1v) is 14.3. The largest absolute Gasteiger partial charge is 1.00 e. The third-order valence-corrected chi connectivity index (χ3v) is 7.27. The number of ether oxygens (including phenoxy) is 1. The van der Waals surface area contributed by atoms with Crippen molar-refractivity contribution in [2.75, 3.05) is 30.3 Å². The van der Waals surface area contributed by atoms with Gasteiger partial charge >= 0.3 is 0 Å². The summed E-state index contributed by atoms with van der Waals surface area (Å²) in [5.74, 6) is 0. The fourth-order valence-corrected chi connectivity index (χ4v) is 4.76. The molecule has 0 bridgehead atoms. The smallest absolute Gasteiger partial charge is 0.243 e. The van der Waals surface area contributed by atoms with E-state index in [9.17, 15) is 0 Å². The summed E-state index contributed by atoms with van der Waals surface area (Å²) >= 11 is 0. The fourth-order valence-electron chi connectivity index (χ4n) is 3.74. The van der Waals surface area contributed by atoms with Gasteiger partial charge in [-0.05, 0) is 36.6 Å². The molecule has 1 aromatic carbocycles. The van der Waals surface area contributed by atoms with Gasteiger partial charge in [-0.15, -0.1) is 0 Å². The van der Waals surface area contributed by atoms with Crippen LogP contribution in [-0.2, 0) is 24.8 Å². The summed E-state index contributed by atoms with van der Waals surface area (Å²) in [5.41, 5.74) is 9.79. The van der Waals surface area contributed by atoms with Gasteiger partial charge in [-0.3, -0.25) is 0 Å². The van der Waals surface area contributed by atoms with Crippen LogP contribution in [0.5, 0.6) is 0 Å². The molecule has 1 aromatic heterocycles. The Balaban J connectivity index is 0.00000300. The molecular formula is C22H37ClN4OSi. The third kappa shape index (κ3) is 7.35. The van der Waals surface area contributed by atoms with Crippen LogP contribution in [0.25, 0.3) is 0 Å². The van der Waals surface area contributed by atoms with Crippen molar-refractivity contribution in [2.24, 2.45) is 7.05 Å². The van der Waals surface area contributed by atoms with Gasteiger partial charge in [-0.25, -0.2) is 9.13 Å². The maximum Gasteiger partial charge on any atom is 0.243 e. The second-order valence-electron chi connectivity index (χ2n) is 9.34. The van der Waals surface area contributed by atoms with Crippen LogP contribution in [0.2, 0.25) is 25.7 Å². The standard InChI is InChI=1S/C22H37N4OSi.ClH/c1-24-12-13-25(18-24)10-5-14-27-21-8-11-26(17-21)20-6-7-22(23)19(16-20)9-15-28(2,3)4;/h6-7,12-13,16,18,21H,5,8-11,14-15,17,23H2,1-4H3;1H/q+1;/p-1. The van der Waals surface area contributed by atoms with E-state index in [-0.39, 0.29) is 12.4 Å². The van der Waals surface area contributed by atoms with Crippen LogP contribution >= 0.6 is 0 Å². The molecule has 0 saturated carbocycles. The van der Waals surface area contributed by atoms with E-state index in [1.807, 2.05) is 7.05 Å². The Hall–Kier alpha value is -1.50. The molecule has 0 radical (unpaired) electrons. The lowest BCUT2D eigenvalue weighted by atomic mass is 10.1. The number of nitrogen functional groups attached to an aromatic ring is 1. The Morgan fingerprint density at radius 3 is 2.76 bits per heavy atom. The van der Waals surface area contributed by atoms with Crippen LogP contribution in [0.1, 0.15) is 18.4 Å². The van der Waals surface area contributed by atoms with Crippen molar-refractivity contribution in [1.29, 1.82) is 0 Å². The Morgan fingerprint density at radius 1 is 1.28 bits per heavy atom. The molecule has 0 aliphatic carbocycles. The molecule has 0 amide bonds. The number of halogens is 1. The quantitative estimate of drug-likeness (QED) is 0.269. The molecule has 1 saturated heterocycles. The number of hydrogen-bond acceptors (Lipinski definition) is 3. The Labute approximate surface area is 183 Å². The minimum absolute atomic E-state index is 0. The number of nitrogens with two attached hydrogens (primary N) is 1. The zero-order chi connectivity index (χ0) is 20.1. The Bertz CT molecular complexity index is 774. The third-order valence-electron chi connectivity index (χ3n) is 5.52. The van der Waals surface area contributed by atoms with Crippen molar-refractivity contribution < 1.29 is 21.7 Å². The number of rotatable bonds is 9. The molecule has 0 spiro atoms. The van der Waals surface area contributed by atoms with E-state index in [4.69, 9.17) is 10.5 Å². The van der Waals surface area contributed by atoms with Gasteiger partial charge in [0.15, 0.2) is 0 Å². The van der Waals surface area contributed by atoms with Gasteiger partial charge in [0.2, 0.25) is 6.33 Å². The first-order chi connectivity index (χ1) is 13.3. The normalized spacial score (nSPS) is 16.8. The number of aromatic nitrogens is 2. The van der Waals surface area contributed by atoms with E-state index >= 15 is 0 Å². The first kappa shape index (κ1) is 23.8. The summed E-state index contributed by atoms with van der Waals surface area (Å²) in [6.07, 6.45) is 9.88. The molecule has 29 heavy (non-hydrogen) atoms. The van der Waals surface area contributed by atoms with Crippen LogP contribution in [0.4, 0.5) is 11.4 Å². The highest BCUT2D eigenvalue weighted by molar-refractivity contribution is 6.76. The summed E-state index contributed by atoms with van der Waals surface area (Å²) in [7, 11) is 0.992. The van der Waals surface area contributed by atoms with Gasteiger partial charge in [0.1, 0.15) is 12.4 Å². The Kier molecular flexibility index (Phi) is 8.61. The van der Waals surface area contributed by atoms with Crippen LogP contribution in [0.15, 0.2) is 36.9 Å². The van der Waals surface area contributed by atoms with Crippen molar-refractivity contribution in [3.63, 3.8) is 0 Å². The van der Waals surface area contributed by atoms with Gasteiger partial charge in [0, 0.05) is 39.0 Å². The molecule has 7 heteroatoms. The first-order valence-electron chi connectivity index (χ1n) is 10.6.